The van der Waals surface area contributed by atoms with Crippen LogP contribution in [0.2, 0.25) is 0 Å². The Morgan fingerprint density at radius 2 is 1.29 bits per heavy atom. The maximum absolute atomic E-state index is 11.8. The van der Waals surface area contributed by atoms with Gasteiger partial charge >= 0.3 is 13.5 Å². The van der Waals surface area contributed by atoms with E-state index in [1.165, 1.54) is 12.1 Å². The van der Waals surface area contributed by atoms with Crippen molar-refractivity contribution in [2.45, 2.75) is 6.18 Å². The Balaban J connectivity index is 0.000000364. The molecule has 0 saturated heterocycles. The van der Waals surface area contributed by atoms with Crippen LogP contribution in [0.15, 0.2) is 30.3 Å². The molecule has 7 heteroatoms. The number of hydrogen-bond acceptors (Lipinski definition) is 3. The maximum atomic E-state index is 11.8. The lowest BCUT2D eigenvalue weighted by Crippen LogP contribution is -2.07. The van der Waals surface area contributed by atoms with E-state index in [1.807, 2.05) is 0 Å². The van der Waals surface area contributed by atoms with Crippen molar-refractivity contribution in [3.05, 3.63) is 35.9 Å². The van der Waals surface area contributed by atoms with Crippen molar-refractivity contribution in [3.63, 3.8) is 0 Å². The molecule has 3 nitrogen and oxygen atoms in total. The molecular weight excluding hydrogens is 200 g/mol. The Hall–Kier alpha value is -1.05. The summed E-state index contributed by atoms with van der Waals surface area (Å²) in [6.07, 6.45) is -4.21. The average Bonchev–Trinajstić information content (AvgIpc) is 2.03. The molecule has 1 aromatic carbocycles. The van der Waals surface area contributed by atoms with E-state index in [0.29, 0.717) is 0 Å². The average molecular weight is 208 g/mol. The first kappa shape index (κ1) is 13.0. The zero-order valence-corrected chi connectivity index (χ0v) is 6.94. The van der Waals surface area contributed by atoms with Crippen molar-refractivity contribution < 1.29 is 28.2 Å². The van der Waals surface area contributed by atoms with Gasteiger partial charge in [-0.25, -0.2) is 0 Å². The Kier molecular flexibility index (Phi) is 5.22. The van der Waals surface area contributed by atoms with Gasteiger partial charge in [-0.05, 0) is 0 Å². The highest BCUT2D eigenvalue weighted by atomic mass is 19.4. The molecule has 3 N–H and O–H groups in total. The van der Waals surface area contributed by atoms with Crippen LogP contribution in [-0.4, -0.2) is 22.4 Å². The number of alkyl halides is 3. The highest BCUT2D eigenvalue weighted by Gasteiger charge is 2.29. The van der Waals surface area contributed by atoms with Gasteiger partial charge in [-0.1, -0.05) is 30.3 Å². The van der Waals surface area contributed by atoms with Crippen LogP contribution in [0, 0.1) is 0 Å². The largest absolute Gasteiger partial charge is 0.631 e. The van der Waals surface area contributed by atoms with E-state index in [4.69, 9.17) is 15.1 Å². The summed E-state index contributed by atoms with van der Waals surface area (Å²) in [6, 6.07) is 6.36. The minimum atomic E-state index is -4.21. The standard InChI is InChI=1S/C7H5F3.BH3O3/c8-7(9,10)6-4-2-1-3-5-6;2-1(3)4/h1-5H;2-4H. The Labute approximate surface area is 78.6 Å². The minimum absolute atomic E-state index is 0.602. The Bertz CT molecular complexity index is 247. The molecule has 0 radical (unpaired) electrons. The van der Waals surface area contributed by atoms with E-state index in [-0.39, 0.29) is 0 Å². The first-order valence-electron chi connectivity index (χ1n) is 3.50. The molecule has 0 bridgehead atoms. The summed E-state index contributed by atoms with van der Waals surface area (Å²) < 4.78 is 35.4. The molecule has 1 rings (SSSR count). The normalized spacial score (nSPS) is 10.1. The van der Waals surface area contributed by atoms with Crippen LogP contribution in [0.4, 0.5) is 13.2 Å². The van der Waals surface area contributed by atoms with E-state index >= 15 is 0 Å². The number of hydrogen-bond donors (Lipinski definition) is 3. The predicted molar refractivity (Wildman–Crippen MR) is 43.9 cm³/mol. The summed E-state index contributed by atoms with van der Waals surface area (Å²) in [4.78, 5) is 0. The van der Waals surface area contributed by atoms with Gasteiger partial charge in [0.05, 0.1) is 5.56 Å². The highest BCUT2D eigenvalue weighted by molar-refractivity contribution is 6.30. The first-order valence-corrected chi connectivity index (χ1v) is 3.50. The van der Waals surface area contributed by atoms with Gasteiger partial charge < -0.3 is 15.1 Å². The van der Waals surface area contributed by atoms with E-state index in [0.717, 1.165) is 12.1 Å². The molecule has 0 amide bonds. The fraction of sp³-hybridized carbons (Fsp3) is 0.143. The zero-order chi connectivity index (χ0) is 11.2. The van der Waals surface area contributed by atoms with Crippen molar-refractivity contribution in [1.82, 2.24) is 0 Å². The molecule has 0 heterocycles. The molecule has 0 aliphatic heterocycles. The molecule has 0 aromatic heterocycles. The molecular formula is C7H8BF3O3. The van der Waals surface area contributed by atoms with Crippen LogP contribution in [-0.2, 0) is 6.18 Å². The van der Waals surface area contributed by atoms with Crippen LogP contribution >= 0.6 is 0 Å². The molecule has 0 unspecified atom stereocenters. The highest BCUT2D eigenvalue weighted by Crippen LogP contribution is 2.28. The van der Waals surface area contributed by atoms with Crippen molar-refractivity contribution in [1.29, 1.82) is 0 Å². The summed E-state index contributed by atoms with van der Waals surface area (Å²) in [5, 5.41) is 21.5. The quantitative estimate of drug-likeness (QED) is 0.548. The molecule has 0 aliphatic rings. The van der Waals surface area contributed by atoms with Gasteiger partial charge in [0.2, 0.25) is 0 Å². The van der Waals surface area contributed by atoms with Gasteiger partial charge in [0.1, 0.15) is 0 Å². The summed E-state index contributed by atoms with van der Waals surface area (Å²) in [5.74, 6) is 0. The van der Waals surface area contributed by atoms with Crippen molar-refractivity contribution in [2.75, 3.05) is 0 Å². The molecule has 78 valence electrons. The molecule has 1 aromatic rings. The second kappa shape index (κ2) is 5.64. The van der Waals surface area contributed by atoms with E-state index in [2.05, 4.69) is 0 Å². The Morgan fingerprint density at radius 3 is 1.50 bits per heavy atom. The molecule has 0 saturated carbocycles. The first-order chi connectivity index (χ1) is 6.34. The second-order valence-electron chi connectivity index (χ2n) is 2.21. The van der Waals surface area contributed by atoms with Gasteiger partial charge in [-0.3, -0.25) is 0 Å². The lowest BCUT2D eigenvalue weighted by molar-refractivity contribution is -0.137. The minimum Gasteiger partial charge on any atom is -0.402 e. The van der Waals surface area contributed by atoms with Gasteiger partial charge in [0, 0.05) is 0 Å². The van der Waals surface area contributed by atoms with E-state index in [9.17, 15) is 13.2 Å². The predicted octanol–water partition coefficient (Wildman–Crippen LogP) is 0.654. The number of rotatable bonds is 0. The SMILES string of the molecule is FC(F)(F)c1ccccc1.OB(O)O. The number of halogens is 3. The molecule has 0 atom stereocenters. The maximum Gasteiger partial charge on any atom is 0.631 e. The third-order valence-electron chi connectivity index (χ3n) is 1.10. The lowest BCUT2D eigenvalue weighted by atomic mass is 10.2. The van der Waals surface area contributed by atoms with Crippen LogP contribution in [0.5, 0.6) is 0 Å². The smallest absolute Gasteiger partial charge is 0.402 e. The summed E-state index contributed by atoms with van der Waals surface area (Å²) in [5.41, 5.74) is -0.602. The monoisotopic (exact) mass is 208 g/mol. The second-order valence-corrected chi connectivity index (χ2v) is 2.21. The molecule has 14 heavy (non-hydrogen) atoms. The third kappa shape index (κ3) is 6.47. The van der Waals surface area contributed by atoms with Gasteiger partial charge in [0.15, 0.2) is 0 Å². The topological polar surface area (TPSA) is 60.7 Å². The molecule has 0 spiro atoms. The van der Waals surface area contributed by atoms with Crippen molar-refractivity contribution in [2.24, 2.45) is 0 Å². The van der Waals surface area contributed by atoms with E-state index in [1.54, 1.807) is 6.07 Å². The summed E-state index contributed by atoms with van der Waals surface area (Å²) in [6.45, 7) is 0. The van der Waals surface area contributed by atoms with Gasteiger partial charge in [-0.15, -0.1) is 0 Å². The van der Waals surface area contributed by atoms with Crippen LogP contribution in [0.25, 0.3) is 0 Å². The fourth-order valence-corrected chi connectivity index (χ4v) is 0.627. The van der Waals surface area contributed by atoms with Gasteiger partial charge in [-0.2, -0.15) is 13.2 Å². The van der Waals surface area contributed by atoms with Crippen LogP contribution in [0.1, 0.15) is 5.56 Å². The molecule has 0 aliphatic carbocycles. The fourth-order valence-electron chi connectivity index (χ4n) is 0.627. The summed E-state index contributed by atoms with van der Waals surface area (Å²) >= 11 is 0. The number of benzene rings is 1. The zero-order valence-electron chi connectivity index (χ0n) is 6.94. The third-order valence-corrected chi connectivity index (χ3v) is 1.10. The van der Waals surface area contributed by atoms with E-state index < -0.39 is 19.1 Å². The van der Waals surface area contributed by atoms with Crippen molar-refractivity contribution in [3.8, 4) is 0 Å². The molecule has 0 fully saturated rings. The van der Waals surface area contributed by atoms with Crippen LogP contribution < -0.4 is 0 Å². The van der Waals surface area contributed by atoms with Crippen LogP contribution in [0.3, 0.4) is 0 Å². The van der Waals surface area contributed by atoms with Crippen molar-refractivity contribution >= 4 is 7.32 Å². The Morgan fingerprint density at radius 1 is 0.929 bits per heavy atom. The summed E-state index contributed by atoms with van der Waals surface area (Å²) in [7, 11) is -2.17. The lowest BCUT2D eigenvalue weighted by Gasteiger charge is -2.03. The van der Waals surface area contributed by atoms with Gasteiger partial charge in [0.25, 0.3) is 0 Å².